The molecule has 1 rings (SSSR count). The Morgan fingerprint density at radius 3 is 1.81 bits per heavy atom. The summed E-state index contributed by atoms with van der Waals surface area (Å²) in [6.07, 6.45) is -5.25. The van der Waals surface area contributed by atoms with Crippen molar-refractivity contribution >= 4 is 5.97 Å². The summed E-state index contributed by atoms with van der Waals surface area (Å²) in [5, 5.41) is 26.2. The fraction of sp³-hybridized carbons (Fsp3) is 0.222. The van der Waals surface area contributed by atoms with Crippen LogP contribution in [0.1, 0.15) is 15.9 Å². The predicted molar refractivity (Wildman–Crippen MR) is 45.6 cm³/mol. The first kappa shape index (κ1) is 12.5. The van der Waals surface area contributed by atoms with Gasteiger partial charge in [-0.15, -0.1) is 0 Å². The molecule has 0 atom stereocenters. The van der Waals surface area contributed by atoms with E-state index < -0.39 is 23.5 Å². The van der Waals surface area contributed by atoms with Gasteiger partial charge in [-0.05, 0) is 12.1 Å². The minimum absolute atomic E-state index is 0.248. The average molecular weight is 236 g/mol. The lowest BCUT2D eigenvalue weighted by molar-refractivity contribution is -0.358. The average Bonchev–Trinajstić information content (AvgIpc) is 2.16. The fourth-order valence-electron chi connectivity index (χ4n) is 1.01. The van der Waals surface area contributed by atoms with Gasteiger partial charge in [-0.3, -0.25) is 0 Å². The molecule has 0 saturated heterocycles. The van der Waals surface area contributed by atoms with Gasteiger partial charge >= 0.3 is 12.1 Å². The number of hydrogen-bond donors (Lipinski definition) is 3. The first-order chi connectivity index (χ1) is 7.16. The summed E-state index contributed by atoms with van der Waals surface area (Å²) in [7, 11) is 0. The summed E-state index contributed by atoms with van der Waals surface area (Å²) in [6, 6.07) is 3.09. The van der Waals surface area contributed by atoms with E-state index in [0.717, 1.165) is 12.1 Å². The molecule has 0 fully saturated rings. The molecule has 1 aromatic rings. The molecule has 88 valence electrons. The summed E-state index contributed by atoms with van der Waals surface area (Å²) in [5.74, 6) is -5.30. The van der Waals surface area contributed by atoms with Crippen LogP contribution in [0.15, 0.2) is 24.3 Å². The van der Waals surface area contributed by atoms with Crippen LogP contribution in [0.2, 0.25) is 0 Å². The van der Waals surface area contributed by atoms with Gasteiger partial charge < -0.3 is 15.3 Å². The lowest BCUT2D eigenvalue weighted by atomic mass is 10.0. The van der Waals surface area contributed by atoms with E-state index in [2.05, 4.69) is 0 Å². The van der Waals surface area contributed by atoms with Gasteiger partial charge in [0.05, 0.1) is 5.56 Å². The molecular formula is C9H7F3O4. The van der Waals surface area contributed by atoms with Crippen molar-refractivity contribution in [3.8, 4) is 0 Å². The highest BCUT2D eigenvalue weighted by Crippen LogP contribution is 2.36. The number of alkyl halides is 3. The number of halogens is 3. The van der Waals surface area contributed by atoms with Crippen molar-refractivity contribution in [1.29, 1.82) is 0 Å². The number of carboxylic acids is 1. The Balaban J connectivity index is 3.11. The summed E-state index contributed by atoms with van der Waals surface area (Å²) in [6.45, 7) is 0. The summed E-state index contributed by atoms with van der Waals surface area (Å²) in [5.41, 5.74) is -1.09. The summed E-state index contributed by atoms with van der Waals surface area (Å²) in [4.78, 5) is 10.4. The number of aliphatic hydroxyl groups is 2. The molecule has 0 spiro atoms. The van der Waals surface area contributed by atoms with Crippen molar-refractivity contribution in [2.24, 2.45) is 0 Å². The highest BCUT2D eigenvalue weighted by atomic mass is 19.4. The summed E-state index contributed by atoms with van der Waals surface area (Å²) >= 11 is 0. The van der Waals surface area contributed by atoms with Crippen LogP contribution in [0.4, 0.5) is 13.2 Å². The SMILES string of the molecule is O=C(O)c1ccc(C(O)(O)C(F)(F)F)cc1. The number of hydrogen-bond acceptors (Lipinski definition) is 3. The van der Waals surface area contributed by atoms with Crippen LogP contribution >= 0.6 is 0 Å². The third-order valence-electron chi connectivity index (χ3n) is 1.93. The normalized spacial score (nSPS) is 12.6. The Labute approximate surface area is 87.6 Å². The number of rotatable bonds is 2. The topological polar surface area (TPSA) is 77.8 Å². The van der Waals surface area contributed by atoms with Crippen molar-refractivity contribution in [2.45, 2.75) is 12.0 Å². The molecule has 0 saturated carbocycles. The van der Waals surface area contributed by atoms with Gasteiger partial charge in [0.15, 0.2) is 0 Å². The number of carboxylic acid groups (broad SMARTS) is 1. The van der Waals surface area contributed by atoms with Gasteiger partial charge in [-0.25, -0.2) is 4.79 Å². The molecule has 16 heavy (non-hydrogen) atoms. The van der Waals surface area contributed by atoms with Crippen molar-refractivity contribution in [2.75, 3.05) is 0 Å². The third-order valence-corrected chi connectivity index (χ3v) is 1.93. The maximum absolute atomic E-state index is 12.2. The van der Waals surface area contributed by atoms with Crippen molar-refractivity contribution in [3.63, 3.8) is 0 Å². The van der Waals surface area contributed by atoms with E-state index in [-0.39, 0.29) is 5.56 Å². The molecule has 0 unspecified atom stereocenters. The van der Waals surface area contributed by atoms with Crippen LogP contribution in [0.3, 0.4) is 0 Å². The maximum Gasteiger partial charge on any atom is 0.447 e. The quantitative estimate of drug-likeness (QED) is 0.671. The van der Waals surface area contributed by atoms with Crippen LogP contribution in [0, 0.1) is 0 Å². The number of aromatic carboxylic acids is 1. The van der Waals surface area contributed by atoms with E-state index in [1.165, 1.54) is 0 Å². The molecule has 0 aliphatic carbocycles. The lowest BCUT2D eigenvalue weighted by Crippen LogP contribution is -2.41. The van der Waals surface area contributed by atoms with Gasteiger partial charge in [0.1, 0.15) is 0 Å². The van der Waals surface area contributed by atoms with Gasteiger partial charge in [0, 0.05) is 5.56 Å². The molecule has 0 aliphatic rings. The fourth-order valence-corrected chi connectivity index (χ4v) is 1.01. The van der Waals surface area contributed by atoms with Crippen LogP contribution in [0.25, 0.3) is 0 Å². The second-order valence-electron chi connectivity index (χ2n) is 3.05. The Kier molecular flexibility index (Phi) is 2.93. The Morgan fingerprint density at radius 1 is 1.06 bits per heavy atom. The minimum Gasteiger partial charge on any atom is -0.478 e. The third kappa shape index (κ3) is 2.15. The van der Waals surface area contributed by atoms with E-state index in [1.54, 1.807) is 0 Å². The zero-order valence-electron chi connectivity index (χ0n) is 7.69. The van der Waals surface area contributed by atoms with Crippen LogP contribution < -0.4 is 0 Å². The van der Waals surface area contributed by atoms with Gasteiger partial charge in [0.2, 0.25) is 0 Å². The second kappa shape index (κ2) is 3.76. The van der Waals surface area contributed by atoms with Gasteiger partial charge in [0.25, 0.3) is 5.79 Å². The van der Waals surface area contributed by atoms with Crippen LogP contribution in [-0.4, -0.2) is 27.5 Å². The minimum atomic E-state index is -5.25. The highest BCUT2D eigenvalue weighted by molar-refractivity contribution is 5.87. The molecular weight excluding hydrogens is 229 g/mol. The first-order valence-corrected chi connectivity index (χ1v) is 4.01. The molecule has 0 bridgehead atoms. The van der Waals surface area contributed by atoms with Crippen molar-refractivity contribution in [1.82, 2.24) is 0 Å². The van der Waals surface area contributed by atoms with E-state index in [4.69, 9.17) is 15.3 Å². The standard InChI is InChI=1S/C9H7F3O4/c10-9(11,12)8(15,16)6-3-1-5(2-4-6)7(13)14/h1-4,15-16H,(H,13,14). The summed E-state index contributed by atoms with van der Waals surface area (Å²) < 4.78 is 36.5. The van der Waals surface area contributed by atoms with Gasteiger partial charge in [-0.1, -0.05) is 12.1 Å². The molecule has 0 aliphatic heterocycles. The number of benzene rings is 1. The number of carbonyl (C=O) groups is 1. The smallest absolute Gasteiger partial charge is 0.447 e. The second-order valence-corrected chi connectivity index (χ2v) is 3.05. The highest BCUT2D eigenvalue weighted by Gasteiger charge is 2.54. The van der Waals surface area contributed by atoms with E-state index in [1.807, 2.05) is 0 Å². The zero-order valence-corrected chi connectivity index (χ0v) is 7.69. The molecule has 4 nitrogen and oxygen atoms in total. The molecule has 0 aromatic heterocycles. The van der Waals surface area contributed by atoms with Crippen LogP contribution in [0.5, 0.6) is 0 Å². The molecule has 1 aromatic carbocycles. The van der Waals surface area contributed by atoms with E-state index in [0.29, 0.717) is 12.1 Å². The van der Waals surface area contributed by atoms with E-state index >= 15 is 0 Å². The Morgan fingerprint density at radius 2 is 1.50 bits per heavy atom. The predicted octanol–water partition coefficient (Wildman–Crippen LogP) is 1.08. The first-order valence-electron chi connectivity index (χ1n) is 4.01. The van der Waals surface area contributed by atoms with Gasteiger partial charge in [-0.2, -0.15) is 13.2 Å². The lowest BCUT2D eigenvalue weighted by Gasteiger charge is -2.24. The molecule has 0 radical (unpaired) electrons. The van der Waals surface area contributed by atoms with Crippen LogP contribution in [-0.2, 0) is 5.79 Å². The van der Waals surface area contributed by atoms with Crippen molar-refractivity contribution < 1.29 is 33.3 Å². The monoisotopic (exact) mass is 236 g/mol. The largest absolute Gasteiger partial charge is 0.478 e. The molecule has 7 heteroatoms. The Bertz CT molecular complexity index is 394. The van der Waals surface area contributed by atoms with Crippen molar-refractivity contribution in [3.05, 3.63) is 35.4 Å². The molecule has 0 amide bonds. The maximum atomic E-state index is 12.2. The zero-order chi connectivity index (χ0) is 12.6. The molecule has 3 N–H and O–H groups in total. The Hall–Kier alpha value is -1.60. The molecule has 0 heterocycles. The van der Waals surface area contributed by atoms with E-state index in [9.17, 15) is 18.0 Å².